The van der Waals surface area contributed by atoms with Gasteiger partial charge in [0.25, 0.3) is 0 Å². The number of carboxylic acid groups (broad SMARTS) is 2. The summed E-state index contributed by atoms with van der Waals surface area (Å²) in [7, 11) is 0. The van der Waals surface area contributed by atoms with Gasteiger partial charge in [0, 0.05) is 6.04 Å². The number of hydrogen-bond donors (Lipinski definition) is 4. The van der Waals surface area contributed by atoms with E-state index < -0.39 is 30.4 Å². The Bertz CT molecular complexity index is 316. The highest BCUT2D eigenvalue weighted by Crippen LogP contribution is 1.94. The Hall–Kier alpha value is -2.05. The van der Waals surface area contributed by atoms with Crippen molar-refractivity contribution in [1.82, 2.24) is 10.6 Å². The summed E-state index contributed by atoms with van der Waals surface area (Å²) in [5.74, 6) is -2.68. The van der Waals surface area contributed by atoms with Gasteiger partial charge in [0.05, 0.1) is 6.42 Å². The van der Waals surface area contributed by atoms with Crippen molar-refractivity contribution in [2.75, 3.05) is 0 Å². The molecule has 0 saturated carbocycles. The van der Waals surface area contributed by atoms with Crippen molar-refractivity contribution in [2.45, 2.75) is 31.8 Å². The zero-order valence-corrected chi connectivity index (χ0v) is 9.47. The predicted octanol–water partition coefficient (Wildman–Crippen LogP) is 0.178. The molecule has 0 aliphatic heterocycles. The van der Waals surface area contributed by atoms with Crippen LogP contribution in [0.4, 0.5) is 4.79 Å². The molecular weight excluding hydrogens is 228 g/mol. The maximum absolute atomic E-state index is 11.3. The average molecular weight is 244 g/mol. The molecule has 0 bridgehead atoms. The minimum absolute atomic E-state index is 0.202. The van der Waals surface area contributed by atoms with Gasteiger partial charge >= 0.3 is 18.0 Å². The number of amides is 2. The van der Waals surface area contributed by atoms with Crippen LogP contribution in [0, 0.1) is 0 Å². The largest absolute Gasteiger partial charge is 0.481 e. The van der Waals surface area contributed by atoms with Crippen LogP contribution in [-0.4, -0.2) is 40.3 Å². The van der Waals surface area contributed by atoms with Crippen LogP contribution in [0.5, 0.6) is 0 Å². The van der Waals surface area contributed by atoms with E-state index in [4.69, 9.17) is 10.2 Å². The molecule has 7 heteroatoms. The molecule has 0 aromatic rings. The van der Waals surface area contributed by atoms with E-state index in [1.54, 1.807) is 13.0 Å². The number of nitrogens with one attached hydrogen (secondary N) is 2. The summed E-state index contributed by atoms with van der Waals surface area (Å²) < 4.78 is 0. The first-order chi connectivity index (χ1) is 7.86. The summed E-state index contributed by atoms with van der Waals surface area (Å²) in [5, 5.41) is 21.7. The van der Waals surface area contributed by atoms with E-state index in [9.17, 15) is 14.4 Å². The molecule has 0 saturated heterocycles. The molecule has 2 amide bonds. The van der Waals surface area contributed by atoms with Crippen molar-refractivity contribution >= 4 is 18.0 Å². The summed E-state index contributed by atoms with van der Waals surface area (Å²) in [6.45, 7) is 5.21. The standard InChI is InChI=1S/C10H16N2O5/c1-3-4-6(2)11-10(17)12-7(9(15)16)5-8(13)14/h3,6-7H,1,4-5H2,2H3,(H,13,14)(H,15,16)(H2,11,12,17). The smallest absolute Gasteiger partial charge is 0.326 e. The van der Waals surface area contributed by atoms with E-state index in [0.29, 0.717) is 6.42 Å². The SMILES string of the molecule is C=CCC(C)NC(=O)NC(CC(=O)O)C(=O)O. The first-order valence-corrected chi connectivity index (χ1v) is 4.99. The van der Waals surface area contributed by atoms with E-state index in [0.717, 1.165) is 0 Å². The molecule has 0 rings (SSSR count). The van der Waals surface area contributed by atoms with Crippen LogP contribution >= 0.6 is 0 Å². The number of carbonyl (C=O) groups excluding carboxylic acids is 1. The van der Waals surface area contributed by atoms with Crippen LogP contribution in [0.2, 0.25) is 0 Å². The Kier molecular flexibility index (Phi) is 6.39. The third-order valence-electron chi connectivity index (χ3n) is 1.88. The predicted molar refractivity (Wildman–Crippen MR) is 59.6 cm³/mol. The second-order valence-corrected chi connectivity index (χ2v) is 3.53. The zero-order valence-electron chi connectivity index (χ0n) is 9.47. The second kappa shape index (κ2) is 7.26. The molecule has 0 heterocycles. The van der Waals surface area contributed by atoms with Crippen LogP contribution in [0.25, 0.3) is 0 Å². The molecule has 0 aliphatic carbocycles. The minimum atomic E-state index is -1.44. The van der Waals surface area contributed by atoms with Crippen LogP contribution in [-0.2, 0) is 9.59 Å². The Morgan fingerprint density at radius 3 is 2.29 bits per heavy atom. The zero-order chi connectivity index (χ0) is 13.4. The minimum Gasteiger partial charge on any atom is -0.481 e. The van der Waals surface area contributed by atoms with Crippen LogP contribution in [0.1, 0.15) is 19.8 Å². The molecule has 2 atom stereocenters. The van der Waals surface area contributed by atoms with Gasteiger partial charge in [-0.05, 0) is 13.3 Å². The van der Waals surface area contributed by atoms with E-state index >= 15 is 0 Å². The highest BCUT2D eigenvalue weighted by Gasteiger charge is 2.23. The Labute approximate surface area is 98.5 Å². The third-order valence-corrected chi connectivity index (χ3v) is 1.88. The lowest BCUT2D eigenvalue weighted by molar-refractivity contribution is -0.145. The molecule has 0 fully saturated rings. The average Bonchev–Trinajstić information content (AvgIpc) is 2.15. The van der Waals surface area contributed by atoms with Crippen molar-refractivity contribution in [3.63, 3.8) is 0 Å². The highest BCUT2D eigenvalue weighted by atomic mass is 16.4. The van der Waals surface area contributed by atoms with Crippen LogP contribution in [0.3, 0.4) is 0 Å². The molecule has 0 aromatic heterocycles. The number of carbonyl (C=O) groups is 3. The van der Waals surface area contributed by atoms with Crippen molar-refractivity contribution in [1.29, 1.82) is 0 Å². The van der Waals surface area contributed by atoms with Crippen molar-refractivity contribution in [3.05, 3.63) is 12.7 Å². The monoisotopic (exact) mass is 244 g/mol. The molecule has 0 spiro atoms. The summed E-state index contributed by atoms with van der Waals surface area (Å²) in [6, 6.07) is -2.36. The maximum Gasteiger partial charge on any atom is 0.326 e. The Balaban J connectivity index is 4.26. The van der Waals surface area contributed by atoms with E-state index in [1.165, 1.54) is 0 Å². The number of hydrogen-bond acceptors (Lipinski definition) is 3. The van der Waals surface area contributed by atoms with E-state index in [2.05, 4.69) is 17.2 Å². The number of carboxylic acids is 2. The summed E-state index contributed by atoms with van der Waals surface area (Å²) in [5.41, 5.74) is 0. The van der Waals surface area contributed by atoms with Crippen LogP contribution in [0.15, 0.2) is 12.7 Å². The van der Waals surface area contributed by atoms with Crippen LogP contribution < -0.4 is 10.6 Å². The fourth-order valence-electron chi connectivity index (χ4n) is 1.11. The van der Waals surface area contributed by atoms with Gasteiger partial charge in [0.1, 0.15) is 6.04 Å². The summed E-state index contributed by atoms with van der Waals surface area (Å²) in [4.78, 5) is 32.3. The lowest BCUT2D eigenvalue weighted by Gasteiger charge is -2.16. The fourth-order valence-corrected chi connectivity index (χ4v) is 1.11. The Morgan fingerprint density at radius 2 is 1.88 bits per heavy atom. The molecule has 0 aromatic carbocycles. The second-order valence-electron chi connectivity index (χ2n) is 3.53. The molecule has 7 nitrogen and oxygen atoms in total. The lowest BCUT2D eigenvalue weighted by atomic mass is 10.2. The number of rotatable bonds is 7. The Morgan fingerprint density at radius 1 is 1.29 bits per heavy atom. The molecule has 2 unspecified atom stereocenters. The molecule has 17 heavy (non-hydrogen) atoms. The topological polar surface area (TPSA) is 116 Å². The molecule has 0 radical (unpaired) electrons. The van der Waals surface area contributed by atoms with Gasteiger partial charge in [-0.15, -0.1) is 6.58 Å². The van der Waals surface area contributed by atoms with Gasteiger partial charge in [0.2, 0.25) is 0 Å². The van der Waals surface area contributed by atoms with Crippen molar-refractivity contribution in [2.24, 2.45) is 0 Å². The first kappa shape index (κ1) is 14.9. The maximum atomic E-state index is 11.3. The number of aliphatic carboxylic acids is 2. The summed E-state index contributed by atoms with van der Waals surface area (Å²) in [6.07, 6.45) is 1.47. The highest BCUT2D eigenvalue weighted by molar-refractivity contribution is 5.86. The number of urea groups is 1. The van der Waals surface area contributed by atoms with Crippen molar-refractivity contribution in [3.8, 4) is 0 Å². The van der Waals surface area contributed by atoms with Gasteiger partial charge in [-0.2, -0.15) is 0 Å². The molecule has 96 valence electrons. The van der Waals surface area contributed by atoms with Gasteiger partial charge in [0.15, 0.2) is 0 Å². The fraction of sp³-hybridized carbons (Fsp3) is 0.500. The normalized spacial score (nSPS) is 13.2. The lowest BCUT2D eigenvalue weighted by Crippen LogP contribution is -2.49. The van der Waals surface area contributed by atoms with E-state index in [1.807, 2.05) is 0 Å². The van der Waals surface area contributed by atoms with Gasteiger partial charge in [-0.25, -0.2) is 9.59 Å². The van der Waals surface area contributed by atoms with Gasteiger partial charge in [-0.1, -0.05) is 6.08 Å². The van der Waals surface area contributed by atoms with Crippen molar-refractivity contribution < 1.29 is 24.6 Å². The van der Waals surface area contributed by atoms with E-state index in [-0.39, 0.29) is 6.04 Å². The molecule has 4 N–H and O–H groups in total. The quantitative estimate of drug-likeness (QED) is 0.477. The first-order valence-electron chi connectivity index (χ1n) is 4.99. The van der Waals surface area contributed by atoms with Gasteiger partial charge in [-0.3, -0.25) is 4.79 Å². The van der Waals surface area contributed by atoms with Gasteiger partial charge < -0.3 is 20.8 Å². The third kappa shape index (κ3) is 6.93. The molecular formula is C10H16N2O5. The molecule has 0 aliphatic rings. The summed E-state index contributed by atoms with van der Waals surface area (Å²) >= 11 is 0.